The second-order valence-corrected chi connectivity index (χ2v) is 8.78. The third-order valence-corrected chi connectivity index (χ3v) is 6.39. The van der Waals surface area contributed by atoms with Crippen LogP contribution in [0, 0.1) is 25.2 Å². The van der Waals surface area contributed by atoms with E-state index in [-0.39, 0.29) is 18.7 Å². The zero-order valence-electron chi connectivity index (χ0n) is 20.5. The Morgan fingerprint density at radius 2 is 1.78 bits per heavy atom. The molecule has 5 aromatic rings. The Labute approximate surface area is 211 Å². The molecule has 37 heavy (non-hydrogen) atoms. The molecule has 0 aliphatic carbocycles. The minimum Gasteiger partial charge on any atom is -0.497 e. The van der Waals surface area contributed by atoms with Gasteiger partial charge in [-0.3, -0.25) is 4.68 Å². The van der Waals surface area contributed by atoms with Gasteiger partial charge in [-0.1, -0.05) is 42.5 Å². The largest absolute Gasteiger partial charge is 0.497 e. The Bertz CT molecular complexity index is 1630. The summed E-state index contributed by atoms with van der Waals surface area (Å²) in [6.45, 7) is 4.04. The van der Waals surface area contributed by atoms with Crippen LogP contribution in [0.1, 0.15) is 39.3 Å². The first kappa shape index (κ1) is 24.1. The summed E-state index contributed by atoms with van der Waals surface area (Å²) in [5.41, 5.74) is 3.92. The van der Waals surface area contributed by atoms with E-state index < -0.39 is 11.7 Å². The molecule has 0 atom stereocenters. The first-order valence-corrected chi connectivity index (χ1v) is 11.6. The highest BCUT2D eigenvalue weighted by atomic mass is 19.3. The maximum absolute atomic E-state index is 15.8. The number of rotatable bonds is 7. The zero-order valence-corrected chi connectivity index (χ0v) is 20.5. The second-order valence-electron chi connectivity index (χ2n) is 8.78. The number of halogens is 2. The average Bonchev–Trinajstić information content (AvgIpc) is 3.49. The molecule has 0 amide bonds. The summed E-state index contributed by atoms with van der Waals surface area (Å²) in [7, 11) is 1.56. The molecule has 0 unspecified atom stereocenters. The summed E-state index contributed by atoms with van der Waals surface area (Å²) in [5.74, 6) is -3.36. The van der Waals surface area contributed by atoms with Crippen molar-refractivity contribution in [1.29, 1.82) is 5.26 Å². The SMILES string of the molecule is COc1ccc(Cn2nnnc2C(F)(F)c2ccc3c(C)nn(Cc4cccc(C)c4C#N)c3c2)cc1. The molecule has 0 N–H and O–H groups in total. The molecule has 0 saturated carbocycles. The van der Waals surface area contributed by atoms with Gasteiger partial charge in [0.25, 0.3) is 0 Å². The van der Waals surface area contributed by atoms with Crippen LogP contribution in [0.3, 0.4) is 0 Å². The molecule has 0 bridgehead atoms. The van der Waals surface area contributed by atoms with Gasteiger partial charge in [-0.15, -0.1) is 5.10 Å². The van der Waals surface area contributed by atoms with Gasteiger partial charge in [0.2, 0.25) is 5.82 Å². The molecule has 2 aromatic heterocycles. The van der Waals surface area contributed by atoms with E-state index in [1.807, 2.05) is 32.0 Å². The van der Waals surface area contributed by atoms with E-state index in [0.29, 0.717) is 22.5 Å². The molecule has 186 valence electrons. The minimum absolute atomic E-state index is 0.0749. The van der Waals surface area contributed by atoms with Crippen molar-refractivity contribution < 1.29 is 13.5 Å². The van der Waals surface area contributed by atoms with E-state index >= 15 is 8.78 Å². The van der Waals surface area contributed by atoms with Crippen LogP contribution in [-0.4, -0.2) is 37.1 Å². The third-order valence-electron chi connectivity index (χ3n) is 6.39. The van der Waals surface area contributed by atoms with E-state index in [4.69, 9.17) is 4.74 Å². The van der Waals surface area contributed by atoms with Crippen molar-refractivity contribution in [3.8, 4) is 11.8 Å². The number of nitrogens with zero attached hydrogens (tertiary/aromatic N) is 7. The van der Waals surface area contributed by atoms with Crippen molar-refractivity contribution in [1.82, 2.24) is 30.0 Å². The first-order valence-electron chi connectivity index (χ1n) is 11.6. The van der Waals surface area contributed by atoms with Gasteiger partial charge in [0.15, 0.2) is 0 Å². The highest BCUT2D eigenvalue weighted by Crippen LogP contribution is 2.36. The summed E-state index contributed by atoms with van der Waals surface area (Å²) in [5, 5.41) is 25.9. The molecule has 0 aliphatic rings. The van der Waals surface area contributed by atoms with E-state index in [0.717, 1.165) is 26.8 Å². The molecule has 2 heterocycles. The second kappa shape index (κ2) is 9.43. The van der Waals surface area contributed by atoms with Gasteiger partial charge in [-0.25, -0.2) is 4.68 Å². The van der Waals surface area contributed by atoms with E-state index in [1.165, 1.54) is 12.1 Å². The number of hydrogen-bond acceptors (Lipinski definition) is 6. The van der Waals surface area contributed by atoms with E-state index in [2.05, 4.69) is 26.7 Å². The van der Waals surface area contributed by atoms with Crippen molar-refractivity contribution in [2.75, 3.05) is 7.11 Å². The Kier molecular flexibility index (Phi) is 6.13. The number of benzene rings is 3. The number of tetrazole rings is 1. The Hall–Kier alpha value is -4.65. The van der Waals surface area contributed by atoms with Gasteiger partial charge in [0, 0.05) is 10.9 Å². The lowest BCUT2D eigenvalue weighted by molar-refractivity contribution is 0.0281. The molecule has 0 saturated heterocycles. The van der Waals surface area contributed by atoms with Gasteiger partial charge >= 0.3 is 5.92 Å². The highest BCUT2D eigenvalue weighted by Gasteiger charge is 2.40. The Morgan fingerprint density at radius 1 is 1.00 bits per heavy atom. The summed E-state index contributed by atoms with van der Waals surface area (Å²) in [6.07, 6.45) is 0. The predicted molar refractivity (Wildman–Crippen MR) is 132 cm³/mol. The number of hydrogen-bond donors (Lipinski definition) is 0. The Morgan fingerprint density at radius 3 is 2.51 bits per heavy atom. The minimum atomic E-state index is -3.46. The number of alkyl halides is 2. The van der Waals surface area contributed by atoms with Crippen LogP contribution in [0.2, 0.25) is 0 Å². The van der Waals surface area contributed by atoms with Gasteiger partial charge in [0.1, 0.15) is 5.75 Å². The normalized spacial score (nSPS) is 11.6. The maximum Gasteiger partial charge on any atom is 0.333 e. The van der Waals surface area contributed by atoms with Crippen molar-refractivity contribution in [3.63, 3.8) is 0 Å². The van der Waals surface area contributed by atoms with Gasteiger partial charge in [0.05, 0.1) is 43.0 Å². The van der Waals surface area contributed by atoms with Gasteiger partial charge in [-0.05, 0) is 59.2 Å². The van der Waals surface area contributed by atoms with Crippen LogP contribution in [0.15, 0.2) is 60.7 Å². The highest BCUT2D eigenvalue weighted by molar-refractivity contribution is 5.83. The van der Waals surface area contributed by atoms with Gasteiger partial charge in [-0.2, -0.15) is 19.1 Å². The van der Waals surface area contributed by atoms with E-state index in [1.54, 1.807) is 42.1 Å². The molecule has 0 spiro atoms. The lowest BCUT2D eigenvalue weighted by atomic mass is 10.0. The van der Waals surface area contributed by atoms with Crippen molar-refractivity contribution >= 4 is 10.9 Å². The molecular weight excluding hydrogens is 476 g/mol. The molecule has 5 rings (SSSR count). The monoisotopic (exact) mass is 499 g/mol. The molecule has 8 nitrogen and oxygen atoms in total. The van der Waals surface area contributed by atoms with Crippen molar-refractivity contribution in [2.45, 2.75) is 32.9 Å². The Balaban J connectivity index is 1.51. The van der Waals surface area contributed by atoms with E-state index in [9.17, 15) is 5.26 Å². The van der Waals surface area contributed by atoms with Crippen molar-refractivity contribution in [2.24, 2.45) is 0 Å². The number of methoxy groups -OCH3 is 1. The molecule has 0 fully saturated rings. The summed E-state index contributed by atoms with van der Waals surface area (Å²) in [6, 6.07) is 19.3. The van der Waals surface area contributed by atoms with Crippen LogP contribution in [0.25, 0.3) is 10.9 Å². The molecular formula is C27H23F2N7O. The fraction of sp³-hybridized carbons (Fsp3) is 0.222. The topological polar surface area (TPSA) is 94.4 Å². The van der Waals surface area contributed by atoms with Crippen LogP contribution < -0.4 is 4.74 Å². The lowest BCUT2D eigenvalue weighted by Gasteiger charge is -2.17. The molecule has 0 radical (unpaired) electrons. The summed E-state index contributed by atoms with van der Waals surface area (Å²) >= 11 is 0. The number of aryl methyl sites for hydroxylation is 2. The summed E-state index contributed by atoms with van der Waals surface area (Å²) in [4.78, 5) is 0. The first-order chi connectivity index (χ1) is 17.8. The van der Waals surface area contributed by atoms with Crippen LogP contribution in [0.5, 0.6) is 5.75 Å². The number of fused-ring (bicyclic) bond motifs is 1. The van der Waals surface area contributed by atoms with Crippen molar-refractivity contribution in [3.05, 3.63) is 100.0 Å². The van der Waals surface area contributed by atoms with Gasteiger partial charge < -0.3 is 4.74 Å². The smallest absolute Gasteiger partial charge is 0.333 e. The number of aromatic nitrogens is 6. The summed E-state index contributed by atoms with van der Waals surface area (Å²) < 4.78 is 39.5. The number of nitriles is 1. The quantitative estimate of drug-likeness (QED) is 0.321. The molecule has 10 heteroatoms. The maximum atomic E-state index is 15.8. The molecule has 0 aliphatic heterocycles. The zero-order chi connectivity index (χ0) is 26.2. The van der Waals surface area contributed by atoms with Crippen LogP contribution >= 0.6 is 0 Å². The van der Waals surface area contributed by atoms with Crippen LogP contribution in [-0.2, 0) is 19.0 Å². The average molecular weight is 500 g/mol. The standard InChI is InChI=1S/C27H23F2N7O/c1-17-5-4-6-20(24(17)14-30)16-35-25-13-21(9-12-23(25)18(2)32-35)27(28,29)26-31-33-34-36(26)15-19-7-10-22(37-3)11-8-19/h4-13H,15-16H2,1-3H3. The fourth-order valence-electron chi connectivity index (χ4n) is 4.41. The lowest BCUT2D eigenvalue weighted by Crippen LogP contribution is -2.23. The predicted octanol–water partition coefficient (Wildman–Crippen LogP) is 4.76. The van der Waals surface area contributed by atoms with Crippen LogP contribution in [0.4, 0.5) is 8.78 Å². The number of ether oxygens (including phenoxy) is 1. The molecule has 3 aromatic carbocycles. The third kappa shape index (κ3) is 4.40. The fourth-order valence-corrected chi connectivity index (χ4v) is 4.41.